The largest absolute Gasteiger partial charge is 0.350 e. The second-order valence-electron chi connectivity index (χ2n) is 5.72. The number of carbonyl (C=O) groups excluding carboxylic acids is 1. The van der Waals surface area contributed by atoms with E-state index in [1.807, 2.05) is 24.3 Å². The van der Waals surface area contributed by atoms with Crippen LogP contribution in [0.3, 0.4) is 0 Å². The Labute approximate surface area is 151 Å². The maximum Gasteiger partial charge on any atom is 0.258 e. The van der Waals surface area contributed by atoms with Gasteiger partial charge in [-0.25, -0.2) is 9.97 Å². The highest BCUT2D eigenvalue weighted by atomic mass is 16.1. The fraction of sp³-hybridized carbons (Fsp3) is 0.100. The Kier molecular flexibility index (Phi) is 5.20. The molecule has 26 heavy (non-hydrogen) atoms. The Morgan fingerprint density at radius 3 is 2.42 bits per heavy atom. The number of amides is 1. The lowest BCUT2D eigenvalue weighted by Gasteiger charge is -2.08. The van der Waals surface area contributed by atoms with Gasteiger partial charge in [0.25, 0.3) is 5.91 Å². The van der Waals surface area contributed by atoms with E-state index in [4.69, 9.17) is 5.26 Å². The number of carbonyl (C=O) groups is 1. The molecule has 3 aromatic rings. The zero-order chi connectivity index (χ0) is 18.4. The average molecular weight is 343 g/mol. The van der Waals surface area contributed by atoms with Gasteiger partial charge in [-0.15, -0.1) is 0 Å². The molecule has 6 heteroatoms. The lowest BCUT2D eigenvalue weighted by atomic mass is 10.1. The highest BCUT2D eigenvalue weighted by molar-refractivity contribution is 6.03. The van der Waals surface area contributed by atoms with Gasteiger partial charge >= 0.3 is 0 Å². The third-order valence-corrected chi connectivity index (χ3v) is 3.88. The molecular weight excluding hydrogens is 326 g/mol. The number of anilines is 2. The van der Waals surface area contributed by atoms with E-state index in [1.54, 1.807) is 24.3 Å². The molecule has 0 unspecified atom stereocenters. The molecule has 128 valence electrons. The van der Waals surface area contributed by atoms with Gasteiger partial charge in [-0.1, -0.05) is 24.3 Å². The fourth-order valence-electron chi connectivity index (χ4n) is 2.35. The third-order valence-electron chi connectivity index (χ3n) is 3.88. The maximum absolute atomic E-state index is 12.2. The standard InChI is InChI=1S/C20H17N5O/c1-14-4-2-3-5-16(14)11-22-20-23-12-17(13-24-20)19(26)25-18-8-6-15(10-21)7-9-18/h2-9,12-13H,11H2,1H3,(H,25,26)(H,22,23,24). The number of nitrogens with zero attached hydrogens (tertiary/aromatic N) is 3. The maximum atomic E-state index is 12.2. The predicted molar refractivity (Wildman–Crippen MR) is 99.6 cm³/mol. The molecule has 0 aliphatic rings. The van der Waals surface area contributed by atoms with Crippen LogP contribution in [0.1, 0.15) is 27.0 Å². The molecule has 0 saturated heterocycles. The molecule has 0 saturated carbocycles. The summed E-state index contributed by atoms with van der Waals surface area (Å²) < 4.78 is 0. The van der Waals surface area contributed by atoms with Crippen molar-refractivity contribution in [1.29, 1.82) is 5.26 Å². The van der Waals surface area contributed by atoms with Crippen LogP contribution in [-0.2, 0) is 6.54 Å². The van der Waals surface area contributed by atoms with Gasteiger partial charge in [0.2, 0.25) is 5.95 Å². The van der Waals surface area contributed by atoms with Gasteiger partial charge in [-0.2, -0.15) is 5.26 Å². The minimum absolute atomic E-state index is 0.305. The van der Waals surface area contributed by atoms with Gasteiger partial charge in [0, 0.05) is 24.6 Å². The molecular formula is C20H17N5O. The predicted octanol–water partition coefficient (Wildman–Crippen LogP) is 3.52. The fourth-order valence-corrected chi connectivity index (χ4v) is 2.35. The van der Waals surface area contributed by atoms with Crippen LogP contribution >= 0.6 is 0 Å². The summed E-state index contributed by atoms with van der Waals surface area (Å²) in [5.41, 5.74) is 3.86. The molecule has 0 aliphatic heterocycles. The molecule has 0 bridgehead atoms. The van der Waals surface area contributed by atoms with Crippen LogP contribution in [0.25, 0.3) is 0 Å². The van der Waals surface area contributed by atoms with Gasteiger partial charge in [0.05, 0.1) is 17.2 Å². The van der Waals surface area contributed by atoms with E-state index < -0.39 is 0 Å². The summed E-state index contributed by atoms with van der Waals surface area (Å²) in [5.74, 6) is 0.156. The molecule has 0 radical (unpaired) electrons. The van der Waals surface area contributed by atoms with Crippen LogP contribution in [0.5, 0.6) is 0 Å². The first-order valence-electron chi connectivity index (χ1n) is 8.07. The third kappa shape index (κ3) is 4.22. The van der Waals surface area contributed by atoms with Crippen molar-refractivity contribution in [2.75, 3.05) is 10.6 Å². The molecule has 0 atom stereocenters. The number of nitriles is 1. The second kappa shape index (κ2) is 7.90. The van der Waals surface area contributed by atoms with E-state index >= 15 is 0 Å². The number of hydrogen-bond donors (Lipinski definition) is 2. The molecule has 0 fully saturated rings. The van der Waals surface area contributed by atoms with Crippen molar-refractivity contribution in [2.24, 2.45) is 0 Å². The van der Waals surface area contributed by atoms with Crippen LogP contribution in [0.2, 0.25) is 0 Å². The number of hydrogen-bond acceptors (Lipinski definition) is 5. The SMILES string of the molecule is Cc1ccccc1CNc1ncc(C(=O)Nc2ccc(C#N)cc2)cn1. The van der Waals surface area contributed by atoms with Gasteiger partial charge in [0.15, 0.2) is 0 Å². The summed E-state index contributed by atoms with van der Waals surface area (Å²) in [6.45, 7) is 2.66. The first-order valence-corrected chi connectivity index (χ1v) is 8.07. The van der Waals surface area contributed by atoms with E-state index in [1.165, 1.54) is 23.5 Å². The normalized spacial score (nSPS) is 10.0. The molecule has 1 amide bonds. The Morgan fingerprint density at radius 2 is 1.77 bits per heavy atom. The molecule has 3 rings (SSSR count). The smallest absolute Gasteiger partial charge is 0.258 e. The minimum Gasteiger partial charge on any atom is -0.350 e. The Balaban J connectivity index is 1.60. The first kappa shape index (κ1) is 17.1. The first-order chi connectivity index (χ1) is 12.7. The van der Waals surface area contributed by atoms with Gasteiger partial charge in [-0.3, -0.25) is 4.79 Å². The second-order valence-corrected chi connectivity index (χ2v) is 5.72. The van der Waals surface area contributed by atoms with Gasteiger partial charge < -0.3 is 10.6 Å². The molecule has 0 aliphatic carbocycles. The van der Waals surface area contributed by atoms with Crippen molar-refractivity contribution >= 4 is 17.5 Å². The average Bonchev–Trinajstić information content (AvgIpc) is 2.68. The Hall–Kier alpha value is -3.72. The molecule has 1 aromatic heterocycles. The zero-order valence-corrected chi connectivity index (χ0v) is 14.2. The summed E-state index contributed by atoms with van der Waals surface area (Å²) in [5, 5.41) is 14.7. The van der Waals surface area contributed by atoms with Crippen molar-refractivity contribution in [1.82, 2.24) is 9.97 Å². The molecule has 6 nitrogen and oxygen atoms in total. The van der Waals surface area contributed by atoms with Crippen molar-refractivity contribution in [2.45, 2.75) is 13.5 Å². The van der Waals surface area contributed by atoms with Crippen LogP contribution in [-0.4, -0.2) is 15.9 Å². The monoisotopic (exact) mass is 343 g/mol. The molecule has 2 N–H and O–H groups in total. The summed E-state index contributed by atoms with van der Waals surface area (Å²) in [6, 6.07) is 16.7. The van der Waals surface area contributed by atoms with Crippen LogP contribution in [0, 0.1) is 18.3 Å². The van der Waals surface area contributed by atoms with Gasteiger partial charge in [-0.05, 0) is 42.3 Å². The number of rotatable bonds is 5. The highest BCUT2D eigenvalue weighted by Gasteiger charge is 2.08. The summed E-state index contributed by atoms with van der Waals surface area (Å²) >= 11 is 0. The molecule has 1 heterocycles. The zero-order valence-electron chi connectivity index (χ0n) is 14.2. The number of aryl methyl sites for hydroxylation is 1. The Bertz CT molecular complexity index is 943. The van der Waals surface area contributed by atoms with Gasteiger partial charge in [0.1, 0.15) is 0 Å². The number of aromatic nitrogens is 2. The van der Waals surface area contributed by atoms with E-state index in [9.17, 15) is 4.79 Å². The minimum atomic E-state index is -0.305. The highest BCUT2D eigenvalue weighted by Crippen LogP contribution is 2.12. The number of benzene rings is 2. The van der Waals surface area contributed by atoms with Crippen molar-refractivity contribution in [3.63, 3.8) is 0 Å². The Morgan fingerprint density at radius 1 is 1.08 bits per heavy atom. The summed E-state index contributed by atoms with van der Waals surface area (Å²) in [7, 11) is 0. The summed E-state index contributed by atoms with van der Waals surface area (Å²) in [6.07, 6.45) is 2.96. The lowest BCUT2D eigenvalue weighted by Crippen LogP contribution is -2.13. The number of nitrogens with one attached hydrogen (secondary N) is 2. The van der Waals surface area contributed by atoms with Crippen LogP contribution < -0.4 is 10.6 Å². The quantitative estimate of drug-likeness (QED) is 0.739. The molecule has 0 spiro atoms. The van der Waals surface area contributed by atoms with E-state index in [2.05, 4.69) is 33.6 Å². The topological polar surface area (TPSA) is 90.7 Å². The van der Waals surface area contributed by atoms with E-state index in [-0.39, 0.29) is 5.91 Å². The van der Waals surface area contributed by atoms with Crippen molar-refractivity contribution in [3.8, 4) is 6.07 Å². The summed E-state index contributed by atoms with van der Waals surface area (Å²) in [4.78, 5) is 20.6. The van der Waals surface area contributed by atoms with E-state index in [0.717, 1.165) is 0 Å². The lowest BCUT2D eigenvalue weighted by molar-refractivity contribution is 0.102. The van der Waals surface area contributed by atoms with E-state index in [0.29, 0.717) is 29.3 Å². The van der Waals surface area contributed by atoms with Crippen molar-refractivity contribution < 1.29 is 4.79 Å². The van der Waals surface area contributed by atoms with Crippen LogP contribution in [0.4, 0.5) is 11.6 Å². The molecule has 2 aromatic carbocycles. The van der Waals surface area contributed by atoms with Crippen molar-refractivity contribution in [3.05, 3.63) is 83.2 Å². The van der Waals surface area contributed by atoms with Crippen LogP contribution in [0.15, 0.2) is 60.9 Å².